The molecule has 31 heavy (non-hydrogen) atoms. The molecule has 2 N–H and O–H groups in total. The lowest BCUT2D eigenvalue weighted by atomic mass is 9.85. The van der Waals surface area contributed by atoms with Gasteiger partial charge in [-0.3, -0.25) is 9.59 Å². The summed E-state index contributed by atoms with van der Waals surface area (Å²) in [6.07, 6.45) is 5.81. The van der Waals surface area contributed by atoms with Gasteiger partial charge >= 0.3 is 0 Å². The van der Waals surface area contributed by atoms with E-state index in [4.69, 9.17) is 11.6 Å². The summed E-state index contributed by atoms with van der Waals surface area (Å²) in [5.41, 5.74) is 0.778. The molecule has 1 aliphatic rings. The smallest absolute Gasteiger partial charge is 0.251 e. The van der Waals surface area contributed by atoms with Crippen LogP contribution in [0.25, 0.3) is 5.69 Å². The van der Waals surface area contributed by atoms with Gasteiger partial charge < -0.3 is 10.6 Å². The van der Waals surface area contributed by atoms with Crippen molar-refractivity contribution in [1.29, 1.82) is 0 Å². The number of amides is 2. The van der Waals surface area contributed by atoms with E-state index in [9.17, 15) is 14.0 Å². The minimum absolute atomic E-state index is 0.00348. The SMILES string of the molecule is O=C(NC1CCC(C(=O)Nc2ccn(-c3ccccc3F)n2)CC1)c1ccnc(Cl)c1. The van der Waals surface area contributed by atoms with Gasteiger partial charge in [-0.25, -0.2) is 14.1 Å². The highest BCUT2D eigenvalue weighted by Crippen LogP contribution is 2.26. The number of carbonyl (C=O) groups is 2. The topological polar surface area (TPSA) is 88.9 Å². The first-order valence-corrected chi connectivity index (χ1v) is 10.4. The monoisotopic (exact) mass is 441 g/mol. The molecule has 1 saturated carbocycles. The molecule has 1 fully saturated rings. The first-order chi connectivity index (χ1) is 15.0. The Labute approximate surface area is 183 Å². The molecule has 0 atom stereocenters. The lowest BCUT2D eigenvalue weighted by Crippen LogP contribution is -2.39. The van der Waals surface area contributed by atoms with Crippen LogP contribution in [-0.2, 0) is 4.79 Å². The number of para-hydroxylation sites is 1. The third-order valence-electron chi connectivity index (χ3n) is 5.36. The normalized spacial score (nSPS) is 18.4. The summed E-state index contributed by atoms with van der Waals surface area (Å²) in [7, 11) is 0. The van der Waals surface area contributed by atoms with Crippen LogP contribution in [0.1, 0.15) is 36.0 Å². The van der Waals surface area contributed by atoms with Crippen LogP contribution in [0.4, 0.5) is 10.2 Å². The Morgan fingerprint density at radius 3 is 2.61 bits per heavy atom. The Balaban J connectivity index is 1.29. The van der Waals surface area contributed by atoms with Gasteiger partial charge in [0.1, 0.15) is 16.7 Å². The second kappa shape index (κ2) is 9.26. The molecule has 4 rings (SSSR count). The molecule has 2 amide bonds. The number of nitrogens with zero attached hydrogens (tertiary/aromatic N) is 3. The molecule has 1 aliphatic carbocycles. The molecule has 0 saturated heterocycles. The second-order valence-electron chi connectivity index (χ2n) is 7.48. The average Bonchev–Trinajstić information content (AvgIpc) is 3.22. The number of anilines is 1. The Morgan fingerprint density at radius 1 is 1.10 bits per heavy atom. The number of aromatic nitrogens is 3. The zero-order valence-corrected chi connectivity index (χ0v) is 17.3. The van der Waals surface area contributed by atoms with Gasteiger partial charge in [-0.05, 0) is 49.9 Å². The molecule has 2 heterocycles. The molecular weight excluding hydrogens is 421 g/mol. The maximum atomic E-state index is 13.9. The van der Waals surface area contributed by atoms with E-state index in [0.717, 1.165) is 0 Å². The zero-order valence-electron chi connectivity index (χ0n) is 16.6. The predicted octanol–water partition coefficient (Wildman–Crippen LogP) is 3.99. The number of halogens is 2. The zero-order chi connectivity index (χ0) is 21.8. The van der Waals surface area contributed by atoms with Crippen LogP contribution < -0.4 is 10.6 Å². The second-order valence-corrected chi connectivity index (χ2v) is 7.86. The van der Waals surface area contributed by atoms with E-state index in [1.54, 1.807) is 36.5 Å². The highest BCUT2D eigenvalue weighted by Gasteiger charge is 2.27. The van der Waals surface area contributed by atoms with Crippen molar-refractivity contribution in [3.05, 3.63) is 71.4 Å². The number of carbonyl (C=O) groups excluding carboxylic acids is 2. The Bertz CT molecular complexity index is 1090. The molecule has 0 spiro atoms. The maximum Gasteiger partial charge on any atom is 0.251 e. The lowest BCUT2D eigenvalue weighted by molar-refractivity contribution is -0.120. The largest absolute Gasteiger partial charge is 0.349 e. The summed E-state index contributed by atoms with van der Waals surface area (Å²) in [5, 5.41) is 10.3. The third-order valence-corrected chi connectivity index (χ3v) is 5.57. The van der Waals surface area contributed by atoms with E-state index in [0.29, 0.717) is 42.8 Å². The lowest BCUT2D eigenvalue weighted by Gasteiger charge is -2.28. The van der Waals surface area contributed by atoms with Gasteiger partial charge in [0.15, 0.2) is 5.82 Å². The minimum atomic E-state index is -0.391. The quantitative estimate of drug-likeness (QED) is 0.586. The van der Waals surface area contributed by atoms with E-state index in [1.165, 1.54) is 23.0 Å². The third kappa shape index (κ3) is 5.08. The van der Waals surface area contributed by atoms with E-state index in [-0.39, 0.29) is 28.9 Å². The Morgan fingerprint density at radius 2 is 1.87 bits per heavy atom. The molecule has 3 aromatic rings. The van der Waals surface area contributed by atoms with Crippen LogP contribution in [-0.4, -0.2) is 32.6 Å². The van der Waals surface area contributed by atoms with E-state index in [2.05, 4.69) is 20.7 Å². The van der Waals surface area contributed by atoms with E-state index < -0.39 is 5.82 Å². The van der Waals surface area contributed by atoms with Crippen molar-refractivity contribution in [2.24, 2.45) is 5.92 Å². The van der Waals surface area contributed by atoms with Crippen LogP contribution in [0.3, 0.4) is 0 Å². The fourth-order valence-corrected chi connectivity index (χ4v) is 3.88. The van der Waals surface area contributed by atoms with Gasteiger partial charge in [-0.15, -0.1) is 5.10 Å². The molecule has 0 aliphatic heterocycles. The predicted molar refractivity (Wildman–Crippen MR) is 115 cm³/mol. The van der Waals surface area contributed by atoms with Gasteiger partial charge in [-0.2, -0.15) is 0 Å². The number of rotatable bonds is 5. The van der Waals surface area contributed by atoms with Crippen LogP contribution in [0.5, 0.6) is 0 Å². The minimum Gasteiger partial charge on any atom is -0.349 e. The molecule has 2 aromatic heterocycles. The van der Waals surface area contributed by atoms with Crippen LogP contribution in [0.15, 0.2) is 54.9 Å². The van der Waals surface area contributed by atoms with Gasteiger partial charge in [0.25, 0.3) is 5.91 Å². The fraction of sp³-hybridized carbons (Fsp3) is 0.273. The first-order valence-electron chi connectivity index (χ1n) is 10.0. The molecular formula is C22H21ClFN5O2. The average molecular weight is 442 g/mol. The maximum absolute atomic E-state index is 13.9. The molecule has 0 radical (unpaired) electrons. The summed E-state index contributed by atoms with van der Waals surface area (Å²) in [5.74, 6) is -0.501. The molecule has 160 valence electrons. The molecule has 0 bridgehead atoms. The van der Waals surface area contributed by atoms with Crippen molar-refractivity contribution in [2.45, 2.75) is 31.7 Å². The summed E-state index contributed by atoms with van der Waals surface area (Å²) < 4.78 is 15.3. The molecule has 1 aromatic carbocycles. The molecule has 7 nitrogen and oxygen atoms in total. The van der Waals surface area contributed by atoms with Crippen LogP contribution in [0, 0.1) is 11.7 Å². The van der Waals surface area contributed by atoms with Gasteiger partial charge in [0.05, 0.1) is 0 Å². The number of benzene rings is 1. The van der Waals surface area contributed by atoms with Crippen LogP contribution >= 0.6 is 11.6 Å². The van der Waals surface area contributed by atoms with Crippen molar-refractivity contribution in [3.8, 4) is 5.69 Å². The summed E-state index contributed by atoms with van der Waals surface area (Å²) in [4.78, 5) is 28.8. The number of hydrogen-bond donors (Lipinski definition) is 2. The highest BCUT2D eigenvalue weighted by molar-refractivity contribution is 6.29. The molecule has 0 unspecified atom stereocenters. The summed E-state index contributed by atoms with van der Waals surface area (Å²) in [6.45, 7) is 0. The Kier molecular flexibility index (Phi) is 6.27. The number of hydrogen-bond acceptors (Lipinski definition) is 4. The summed E-state index contributed by atoms with van der Waals surface area (Å²) in [6, 6.07) is 11.1. The van der Waals surface area contributed by atoms with Crippen molar-refractivity contribution in [3.63, 3.8) is 0 Å². The van der Waals surface area contributed by atoms with E-state index >= 15 is 0 Å². The standard InChI is InChI=1S/C22H21ClFN5O2/c23-19-13-15(9-11-25-19)22(31)26-16-7-5-14(6-8-16)21(30)27-20-10-12-29(28-20)18-4-2-1-3-17(18)24/h1-4,9-14,16H,5-8H2,(H,26,31)(H,27,28,30). The fourth-order valence-electron chi connectivity index (χ4n) is 3.70. The Hall–Kier alpha value is -3.26. The van der Waals surface area contributed by atoms with Crippen molar-refractivity contribution in [1.82, 2.24) is 20.1 Å². The van der Waals surface area contributed by atoms with Crippen molar-refractivity contribution >= 4 is 29.2 Å². The van der Waals surface area contributed by atoms with Crippen molar-refractivity contribution < 1.29 is 14.0 Å². The number of pyridine rings is 1. The molecule has 9 heteroatoms. The van der Waals surface area contributed by atoms with Gasteiger partial charge in [0, 0.05) is 36.0 Å². The van der Waals surface area contributed by atoms with Gasteiger partial charge in [-0.1, -0.05) is 23.7 Å². The number of nitrogens with one attached hydrogen (secondary N) is 2. The van der Waals surface area contributed by atoms with Crippen LogP contribution in [0.2, 0.25) is 5.15 Å². The first kappa shape index (κ1) is 21.0. The summed E-state index contributed by atoms with van der Waals surface area (Å²) >= 11 is 5.84. The van der Waals surface area contributed by atoms with E-state index in [1.807, 2.05) is 0 Å². The van der Waals surface area contributed by atoms with Crippen molar-refractivity contribution in [2.75, 3.05) is 5.32 Å². The highest BCUT2D eigenvalue weighted by atomic mass is 35.5. The van der Waals surface area contributed by atoms with Gasteiger partial charge in [0.2, 0.25) is 5.91 Å².